The fraction of sp³-hybridized carbons (Fsp3) is 0.286. The number of rotatable bonds is 5. The Morgan fingerprint density at radius 2 is 2.00 bits per heavy atom. The van der Waals surface area contributed by atoms with Crippen molar-refractivity contribution in [2.75, 3.05) is 11.9 Å². The van der Waals surface area contributed by atoms with Crippen molar-refractivity contribution in [2.45, 2.75) is 31.8 Å². The van der Waals surface area contributed by atoms with E-state index in [-0.39, 0.29) is 11.9 Å². The van der Waals surface area contributed by atoms with Gasteiger partial charge in [-0.05, 0) is 61.3 Å². The van der Waals surface area contributed by atoms with Crippen LogP contribution in [0.3, 0.4) is 0 Å². The van der Waals surface area contributed by atoms with Gasteiger partial charge in [-0.15, -0.1) is 0 Å². The molecule has 138 valence electrons. The number of likely N-dealkylation sites (tertiary alicyclic amines) is 1. The third-order valence-electron chi connectivity index (χ3n) is 4.93. The average molecular weight is 361 g/mol. The average Bonchev–Trinajstić information content (AvgIpc) is 3.25. The van der Waals surface area contributed by atoms with Gasteiger partial charge >= 0.3 is 0 Å². The number of amides is 1. The first-order valence-electron chi connectivity index (χ1n) is 9.33. The van der Waals surface area contributed by atoms with Gasteiger partial charge in [-0.2, -0.15) is 5.10 Å². The normalized spacial score (nSPS) is 17.6. The van der Waals surface area contributed by atoms with E-state index in [0.717, 1.165) is 49.3 Å². The van der Waals surface area contributed by atoms with Crippen LogP contribution in [0.25, 0.3) is 5.69 Å². The van der Waals surface area contributed by atoms with E-state index >= 15 is 0 Å². The SMILES string of the molecule is O=C(Nc1ccc(-n2cccn2)cc1)[C@H]1CCCCN1Cc1cccnc1. The number of carbonyl (C=O) groups excluding carboxylic acids is 1. The predicted octanol–water partition coefficient (Wildman–Crippen LogP) is 3.26. The van der Waals surface area contributed by atoms with Crippen LogP contribution >= 0.6 is 0 Å². The lowest BCUT2D eigenvalue weighted by molar-refractivity contribution is -0.122. The molecule has 4 rings (SSSR count). The smallest absolute Gasteiger partial charge is 0.241 e. The summed E-state index contributed by atoms with van der Waals surface area (Å²) in [4.78, 5) is 19.3. The van der Waals surface area contributed by atoms with Crippen molar-refractivity contribution in [3.8, 4) is 5.69 Å². The van der Waals surface area contributed by atoms with Gasteiger partial charge in [0, 0.05) is 37.0 Å². The molecule has 1 N–H and O–H groups in total. The van der Waals surface area contributed by atoms with Crippen LogP contribution in [0.15, 0.2) is 67.3 Å². The zero-order chi connectivity index (χ0) is 18.5. The van der Waals surface area contributed by atoms with Crippen LogP contribution in [-0.4, -0.2) is 38.2 Å². The Labute approximate surface area is 158 Å². The first-order valence-corrected chi connectivity index (χ1v) is 9.33. The number of carbonyl (C=O) groups is 1. The fourth-order valence-electron chi connectivity index (χ4n) is 3.55. The van der Waals surface area contributed by atoms with E-state index in [1.54, 1.807) is 17.1 Å². The molecule has 0 radical (unpaired) electrons. The van der Waals surface area contributed by atoms with Crippen molar-refractivity contribution in [2.24, 2.45) is 0 Å². The summed E-state index contributed by atoms with van der Waals surface area (Å²) in [5.41, 5.74) is 2.91. The molecule has 6 nitrogen and oxygen atoms in total. The number of benzene rings is 1. The molecule has 0 saturated carbocycles. The molecule has 1 fully saturated rings. The number of nitrogens with one attached hydrogen (secondary N) is 1. The van der Waals surface area contributed by atoms with Crippen LogP contribution in [0.4, 0.5) is 5.69 Å². The molecule has 0 spiro atoms. The molecule has 27 heavy (non-hydrogen) atoms. The largest absolute Gasteiger partial charge is 0.325 e. The van der Waals surface area contributed by atoms with Gasteiger partial charge in [-0.3, -0.25) is 14.7 Å². The van der Waals surface area contributed by atoms with Crippen molar-refractivity contribution in [1.82, 2.24) is 19.7 Å². The van der Waals surface area contributed by atoms with Gasteiger partial charge < -0.3 is 5.32 Å². The number of hydrogen-bond acceptors (Lipinski definition) is 4. The third-order valence-corrected chi connectivity index (χ3v) is 4.93. The minimum Gasteiger partial charge on any atom is -0.325 e. The molecule has 1 aliphatic heterocycles. The molecule has 1 saturated heterocycles. The van der Waals surface area contributed by atoms with Gasteiger partial charge in [0.15, 0.2) is 0 Å². The predicted molar refractivity (Wildman–Crippen MR) is 104 cm³/mol. The number of aromatic nitrogens is 3. The molecule has 3 aromatic rings. The molecule has 1 aromatic carbocycles. The van der Waals surface area contributed by atoms with Crippen molar-refractivity contribution in [1.29, 1.82) is 0 Å². The first kappa shape index (κ1) is 17.4. The standard InChI is InChI=1S/C21H23N5O/c27-21(24-18-7-9-19(10-8-18)26-14-4-12-23-26)20-6-1-2-13-25(20)16-17-5-3-11-22-15-17/h3-5,7-12,14-15,20H,1-2,6,13,16H2,(H,24,27)/t20-/m1/s1. The second-order valence-electron chi connectivity index (χ2n) is 6.83. The maximum absolute atomic E-state index is 12.9. The van der Waals surface area contributed by atoms with E-state index in [1.807, 2.05) is 48.8 Å². The molecule has 1 amide bonds. The van der Waals surface area contributed by atoms with Crippen LogP contribution in [0.2, 0.25) is 0 Å². The molecule has 3 heterocycles. The Morgan fingerprint density at radius 3 is 2.74 bits per heavy atom. The van der Waals surface area contributed by atoms with Crippen molar-refractivity contribution < 1.29 is 4.79 Å². The molecule has 2 aromatic heterocycles. The van der Waals surface area contributed by atoms with Gasteiger partial charge in [0.25, 0.3) is 0 Å². The van der Waals surface area contributed by atoms with Crippen molar-refractivity contribution in [3.05, 3.63) is 72.8 Å². The Kier molecular flexibility index (Phi) is 5.25. The highest BCUT2D eigenvalue weighted by molar-refractivity contribution is 5.95. The van der Waals surface area contributed by atoms with Crippen LogP contribution < -0.4 is 5.32 Å². The molecule has 0 aliphatic carbocycles. The summed E-state index contributed by atoms with van der Waals surface area (Å²) in [5, 5.41) is 7.29. The second-order valence-corrected chi connectivity index (χ2v) is 6.83. The Hall–Kier alpha value is -2.99. The number of anilines is 1. The first-order chi connectivity index (χ1) is 13.3. The minimum absolute atomic E-state index is 0.0606. The van der Waals surface area contributed by atoms with E-state index in [0.29, 0.717) is 0 Å². The quantitative estimate of drug-likeness (QED) is 0.758. The molecular formula is C21H23N5O. The minimum atomic E-state index is -0.107. The van der Waals surface area contributed by atoms with E-state index in [4.69, 9.17) is 0 Å². The van der Waals surface area contributed by atoms with Crippen LogP contribution in [0, 0.1) is 0 Å². The molecule has 0 unspecified atom stereocenters. The highest BCUT2D eigenvalue weighted by atomic mass is 16.2. The molecule has 6 heteroatoms. The summed E-state index contributed by atoms with van der Waals surface area (Å²) in [5.74, 6) is 0.0606. The van der Waals surface area contributed by atoms with Crippen LogP contribution in [0.5, 0.6) is 0 Å². The number of hydrogen-bond donors (Lipinski definition) is 1. The monoisotopic (exact) mass is 361 g/mol. The number of pyridine rings is 1. The molecule has 1 aliphatic rings. The topological polar surface area (TPSA) is 63.1 Å². The summed E-state index contributed by atoms with van der Waals surface area (Å²) < 4.78 is 1.79. The zero-order valence-corrected chi connectivity index (χ0v) is 15.2. The van der Waals surface area contributed by atoms with Gasteiger partial charge in [0.05, 0.1) is 11.7 Å². The fourth-order valence-corrected chi connectivity index (χ4v) is 3.55. The molecule has 1 atom stereocenters. The molecular weight excluding hydrogens is 338 g/mol. The van der Waals surface area contributed by atoms with Crippen LogP contribution in [0.1, 0.15) is 24.8 Å². The van der Waals surface area contributed by atoms with Gasteiger partial charge in [0.2, 0.25) is 5.91 Å². The zero-order valence-electron chi connectivity index (χ0n) is 15.2. The highest BCUT2D eigenvalue weighted by Gasteiger charge is 2.28. The molecule has 0 bridgehead atoms. The van der Waals surface area contributed by atoms with Crippen LogP contribution in [-0.2, 0) is 11.3 Å². The summed E-state index contributed by atoms with van der Waals surface area (Å²) >= 11 is 0. The maximum atomic E-state index is 12.9. The summed E-state index contributed by atoms with van der Waals surface area (Å²) in [7, 11) is 0. The van der Waals surface area contributed by atoms with E-state index in [1.165, 1.54) is 0 Å². The van der Waals surface area contributed by atoms with Gasteiger partial charge in [-0.25, -0.2) is 4.68 Å². The van der Waals surface area contributed by atoms with Crippen molar-refractivity contribution in [3.63, 3.8) is 0 Å². The van der Waals surface area contributed by atoms with E-state index in [9.17, 15) is 4.79 Å². The summed E-state index contributed by atoms with van der Waals surface area (Å²) in [6.45, 7) is 1.69. The van der Waals surface area contributed by atoms with Crippen molar-refractivity contribution >= 4 is 11.6 Å². The summed E-state index contributed by atoms with van der Waals surface area (Å²) in [6, 6.07) is 13.5. The third kappa shape index (κ3) is 4.23. The maximum Gasteiger partial charge on any atom is 0.241 e. The van der Waals surface area contributed by atoms with Gasteiger partial charge in [-0.1, -0.05) is 12.5 Å². The highest BCUT2D eigenvalue weighted by Crippen LogP contribution is 2.21. The Morgan fingerprint density at radius 1 is 1.11 bits per heavy atom. The number of nitrogens with zero attached hydrogens (tertiary/aromatic N) is 4. The Balaban J connectivity index is 1.42. The lowest BCUT2D eigenvalue weighted by Crippen LogP contribution is -2.46. The second kappa shape index (κ2) is 8.14. The van der Waals surface area contributed by atoms with E-state index in [2.05, 4.69) is 26.4 Å². The Bertz CT molecular complexity index is 861. The van der Waals surface area contributed by atoms with E-state index < -0.39 is 0 Å². The summed E-state index contributed by atoms with van der Waals surface area (Å²) in [6.07, 6.45) is 10.4. The number of piperidine rings is 1. The van der Waals surface area contributed by atoms with Gasteiger partial charge in [0.1, 0.15) is 0 Å². The lowest BCUT2D eigenvalue weighted by Gasteiger charge is -2.34. The lowest BCUT2D eigenvalue weighted by atomic mass is 10.0.